The predicted molar refractivity (Wildman–Crippen MR) is 119 cm³/mol. The van der Waals surface area contributed by atoms with Crippen molar-refractivity contribution >= 4 is 17.5 Å². The Morgan fingerprint density at radius 1 is 0.871 bits per heavy atom. The zero-order chi connectivity index (χ0) is 22.2. The minimum absolute atomic E-state index is 0.104. The Balaban J connectivity index is 1.64. The summed E-state index contributed by atoms with van der Waals surface area (Å²) in [6.45, 7) is 1.90. The van der Waals surface area contributed by atoms with E-state index in [4.69, 9.17) is 0 Å². The highest BCUT2D eigenvalue weighted by molar-refractivity contribution is 5.91. The zero-order valence-corrected chi connectivity index (χ0v) is 17.6. The summed E-state index contributed by atoms with van der Waals surface area (Å²) in [5, 5.41) is 5.85. The second kappa shape index (κ2) is 10.5. The maximum absolute atomic E-state index is 13.0. The number of quaternary nitrogens is 1. The number of anilines is 1. The number of carbonyl (C=O) groups excluding carboxylic acids is 2. The van der Waals surface area contributed by atoms with Crippen molar-refractivity contribution in [3.63, 3.8) is 0 Å². The molecule has 1 unspecified atom stereocenters. The van der Waals surface area contributed by atoms with Crippen molar-refractivity contribution in [1.29, 1.82) is 0 Å². The summed E-state index contributed by atoms with van der Waals surface area (Å²) >= 11 is 0. The van der Waals surface area contributed by atoms with Crippen LogP contribution in [0.3, 0.4) is 0 Å². The summed E-state index contributed by atoms with van der Waals surface area (Å²) in [7, 11) is 1.80. The Bertz CT molecular complexity index is 955. The van der Waals surface area contributed by atoms with Crippen molar-refractivity contribution in [3.8, 4) is 0 Å². The number of carbonyl (C=O) groups is 2. The minimum Gasteiger partial charge on any atom is -0.340 e. The fraction of sp³-hybridized carbons (Fsp3) is 0.200. The van der Waals surface area contributed by atoms with Crippen molar-refractivity contribution in [3.05, 3.63) is 102 Å². The summed E-state index contributed by atoms with van der Waals surface area (Å²) in [4.78, 5) is 26.1. The molecule has 0 aromatic heterocycles. The van der Waals surface area contributed by atoms with Crippen LogP contribution in [-0.2, 0) is 9.59 Å². The van der Waals surface area contributed by atoms with E-state index in [0.29, 0.717) is 5.69 Å². The molecule has 3 aromatic carbocycles. The van der Waals surface area contributed by atoms with E-state index in [2.05, 4.69) is 10.6 Å². The van der Waals surface area contributed by atoms with Gasteiger partial charge in [0.25, 0.3) is 11.8 Å². The topological polar surface area (TPSA) is 62.6 Å². The molecule has 160 valence electrons. The fourth-order valence-electron chi connectivity index (χ4n) is 3.29. The van der Waals surface area contributed by atoms with Crippen LogP contribution in [0.25, 0.3) is 0 Å². The van der Waals surface area contributed by atoms with Gasteiger partial charge in [0.2, 0.25) is 0 Å². The lowest BCUT2D eigenvalue weighted by molar-refractivity contribution is -0.885. The van der Waals surface area contributed by atoms with Gasteiger partial charge in [-0.3, -0.25) is 9.59 Å². The van der Waals surface area contributed by atoms with Gasteiger partial charge in [-0.15, -0.1) is 0 Å². The molecule has 0 aliphatic rings. The molecule has 3 aromatic rings. The summed E-state index contributed by atoms with van der Waals surface area (Å²) in [5.41, 5.74) is 2.49. The van der Waals surface area contributed by atoms with E-state index in [-0.39, 0.29) is 30.2 Å². The third-order valence-electron chi connectivity index (χ3n) is 5.25. The highest BCUT2D eigenvalue weighted by Gasteiger charge is 2.27. The molecular weight excluding hydrogens is 393 g/mol. The van der Waals surface area contributed by atoms with E-state index in [1.54, 1.807) is 14.0 Å². The average molecular weight is 421 g/mol. The first-order valence-electron chi connectivity index (χ1n) is 10.2. The molecule has 0 bridgehead atoms. The van der Waals surface area contributed by atoms with Crippen molar-refractivity contribution in [2.45, 2.75) is 19.0 Å². The largest absolute Gasteiger partial charge is 0.340 e. The van der Waals surface area contributed by atoms with Crippen molar-refractivity contribution in [2.75, 3.05) is 18.9 Å². The van der Waals surface area contributed by atoms with Crippen LogP contribution in [0, 0.1) is 5.82 Å². The number of amides is 2. The summed E-state index contributed by atoms with van der Waals surface area (Å²) in [6.07, 6.45) is 0. The lowest BCUT2D eigenvalue weighted by atomic mass is 9.98. The van der Waals surface area contributed by atoms with Gasteiger partial charge in [0.1, 0.15) is 5.82 Å². The lowest BCUT2D eigenvalue weighted by Crippen LogP contribution is -3.15. The van der Waals surface area contributed by atoms with Crippen molar-refractivity contribution in [2.24, 2.45) is 0 Å². The molecule has 0 saturated heterocycles. The Hall–Kier alpha value is -3.51. The highest BCUT2D eigenvalue weighted by atomic mass is 19.1. The van der Waals surface area contributed by atoms with Gasteiger partial charge in [0.05, 0.1) is 13.1 Å². The molecule has 0 saturated carbocycles. The molecule has 0 aliphatic carbocycles. The third-order valence-corrected chi connectivity index (χ3v) is 5.25. The van der Waals surface area contributed by atoms with Crippen LogP contribution in [0.2, 0.25) is 0 Å². The van der Waals surface area contributed by atoms with E-state index in [9.17, 15) is 14.0 Å². The number of benzene rings is 3. The van der Waals surface area contributed by atoms with Gasteiger partial charge in [-0.05, 0) is 42.3 Å². The molecule has 0 heterocycles. The quantitative estimate of drug-likeness (QED) is 0.525. The normalized spacial score (nSPS) is 12.8. The second-order valence-corrected chi connectivity index (χ2v) is 7.56. The van der Waals surface area contributed by atoms with Crippen LogP contribution < -0.4 is 15.5 Å². The first-order valence-corrected chi connectivity index (χ1v) is 10.2. The zero-order valence-electron chi connectivity index (χ0n) is 17.6. The average Bonchev–Trinajstić information content (AvgIpc) is 2.79. The van der Waals surface area contributed by atoms with E-state index in [1.165, 1.54) is 24.3 Å². The van der Waals surface area contributed by atoms with Gasteiger partial charge in [-0.25, -0.2) is 4.39 Å². The predicted octanol–water partition coefficient (Wildman–Crippen LogP) is 2.57. The SMILES string of the molecule is C[C@H](C(=O)NC(c1ccccc1)c1ccccc1)[NH+](C)CC(=O)Nc1ccc(F)cc1. The maximum atomic E-state index is 13.0. The van der Waals surface area contributed by atoms with Crippen LogP contribution in [0.15, 0.2) is 84.9 Å². The van der Waals surface area contributed by atoms with Crippen LogP contribution in [-0.4, -0.2) is 31.4 Å². The maximum Gasteiger partial charge on any atom is 0.279 e. The van der Waals surface area contributed by atoms with Gasteiger partial charge < -0.3 is 15.5 Å². The van der Waals surface area contributed by atoms with E-state index >= 15 is 0 Å². The van der Waals surface area contributed by atoms with Gasteiger partial charge in [0.15, 0.2) is 12.6 Å². The minimum atomic E-state index is -0.450. The van der Waals surface area contributed by atoms with Gasteiger partial charge >= 0.3 is 0 Å². The number of hydrogen-bond acceptors (Lipinski definition) is 2. The first kappa shape index (κ1) is 22.2. The second-order valence-electron chi connectivity index (χ2n) is 7.56. The van der Waals surface area contributed by atoms with Gasteiger partial charge in [-0.2, -0.15) is 0 Å². The molecule has 0 fully saturated rings. The Morgan fingerprint density at radius 3 is 1.90 bits per heavy atom. The summed E-state index contributed by atoms with van der Waals surface area (Å²) in [6, 6.07) is 24.4. The molecule has 6 heteroatoms. The van der Waals surface area contributed by atoms with Crippen molar-refractivity contribution < 1.29 is 18.9 Å². The number of halogens is 1. The van der Waals surface area contributed by atoms with Crippen LogP contribution >= 0.6 is 0 Å². The molecular formula is C25H27FN3O2+. The smallest absolute Gasteiger partial charge is 0.279 e. The molecule has 3 N–H and O–H groups in total. The fourth-order valence-corrected chi connectivity index (χ4v) is 3.29. The standard InChI is InChI=1S/C25H26FN3O2/c1-18(29(2)17-23(30)27-22-15-13-21(26)14-16-22)25(31)28-24(19-9-5-3-6-10-19)20-11-7-4-8-12-20/h3-16,18,24H,17H2,1-2H3,(H,27,30)(H,28,31)/p+1/t18-/m1/s1. The molecule has 0 aliphatic heterocycles. The van der Waals surface area contributed by atoms with Crippen LogP contribution in [0.1, 0.15) is 24.1 Å². The molecule has 31 heavy (non-hydrogen) atoms. The number of rotatable bonds is 8. The molecule has 0 radical (unpaired) electrons. The Labute approximate surface area is 181 Å². The number of nitrogens with one attached hydrogen (secondary N) is 3. The lowest BCUT2D eigenvalue weighted by Gasteiger charge is -2.25. The van der Waals surface area contributed by atoms with E-state index < -0.39 is 6.04 Å². The molecule has 2 amide bonds. The molecule has 0 spiro atoms. The van der Waals surface area contributed by atoms with Gasteiger partial charge in [0, 0.05) is 5.69 Å². The highest BCUT2D eigenvalue weighted by Crippen LogP contribution is 2.21. The van der Waals surface area contributed by atoms with Gasteiger partial charge in [-0.1, -0.05) is 60.7 Å². The van der Waals surface area contributed by atoms with Crippen molar-refractivity contribution in [1.82, 2.24) is 5.32 Å². The first-order chi connectivity index (χ1) is 14.9. The molecule has 2 atom stereocenters. The Morgan fingerprint density at radius 2 is 1.39 bits per heavy atom. The molecule has 3 rings (SSSR count). The number of hydrogen-bond donors (Lipinski definition) is 3. The van der Waals surface area contributed by atoms with Crippen LogP contribution in [0.5, 0.6) is 0 Å². The summed E-state index contributed by atoms with van der Waals surface area (Å²) < 4.78 is 13.0. The monoisotopic (exact) mass is 420 g/mol. The molecule has 5 nitrogen and oxygen atoms in total. The Kier molecular flexibility index (Phi) is 7.51. The summed E-state index contributed by atoms with van der Waals surface area (Å²) in [5.74, 6) is -0.756. The number of likely N-dealkylation sites (N-methyl/N-ethyl adjacent to an activating group) is 1. The van der Waals surface area contributed by atoms with Crippen LogP contribution in [0.4, 0.5) is 10.1 Å². The third kappa shape index (κ3) is 6.23. The van der Waals surface area contributed by atoms with E-state index in [0.717, 1.165) is 16.0 Å². The van der Waals surface area contributed by atoms with E-state index in [1.807, 2.05) is 60.7 Å².